The van der Waals surface area contributed by atoms with Gasteiger partial charge in [-0.1, -0.05) is 24.3 Å². The Morgan fingerprint density at radius 3 is 2.94 bits per heavy atom. The molecule has 2 unspecified atom stereocenters. The molecule has 18 heavy (non-hydrogen) atoms. The van der Waals surface area contributed by atoms with E-state index in [4.69, 9.17) is 0 Å². The van der Waals surface area contributed by atoms with Crippen molar-refractivity contribution in [1.82, 2.24) is 4.98 Å². The zero-order valence-electron chi connectivity index (χ0n) is 10.5. The number of nitrogens with zero attached hydrogens (tertiary/aromatic N) is 1. The molecule has 0 bridgehead atoms. The average molecular weight is 239 g/mol. The first-order valence-corrected chi connectivity index (χ1v) is 6.44. The summed E-state index contributed by atoms with van der Waals surface area (Å²) in [5.74, 6) is 0.212. The third kappa shape index (κ3) is 1.83. The maximum Gasteiger partial charge on any atom is 0.0876 e. The summed E-state index contributed by atoms with van der Waals surface area (Å²) >= 11 is 0. The summed E-state index contributed by atoms with van der Waals surface area (Å²) in [6.45, 7) is 2.03. The van der Waals surface area contributed by atoms with Gasteiger partial charge in [0.2, 0.25) is 0 Å². The van der Waals surface area contributed by atoms with Gasteiger partial charge in [0.15, 0.2) is 0 Å². The molecular weight excluding hydrogens is 222 g/mol. The number of aryl methyl sites for hydroxylation is 2. The van der Waals surface area contributed by atoms with E-state index in [1.54, 1.807) is 12.4 Å². The smallest absolute Gasteiger partial charge is 0.0876 e. The van der Waals surface area contributed by atoms with Gasteiger partial charge in [-0.2, -0.15) is 0 Å². The van der Waals surface area contributed by atoms with Crippen LogP contribution in [-0.2, 0) is 6.42 Å². The minimum Gasteiger partial charge on any atom is -0.388 e. The standard InChI is InChI=1S/C16H17NO/c1-11-8-9-17-10-15(11)16(18)14-7-6-12-4-2-3-5-13(12)14/h2-5,8-10,14,16,18H,6-7H2,1H3. The van der Waals surface area contributed by atoms with Crippen LogP contribution < -0.4 is 0 Å². The second-order valence-electron chi connectivity index (χ2n) is 5.02. The van der Waals surface area contributed by atoms with Crippen molar-refractivity contribution in [3.63, 3.8) is 0 Å². The van der Waals surface area contributed by atoms with Crippen LogP contribution in [0.3, 0.4) is 0 Å². The van der Waals surface area contributed by atoms with E-state index in [1.165, 1.54) is 11.1 Å². The lowest BCUT2D eigenvalue weighted by Crippen LogP contribution is -2.10. The van der Waals surface area contributed by atoms with Gasteiger partial charge in [0.25, 0.3) is 0 Å². The van der Waals surface area contributed by atoms with Crippen LogP contribution in [0, 0.1) is 6.92 Å². The second kappa shape index (κ2) is 4.54. The third-order valence-electron chi connectivity index (χ3n) is 3.96. The molecule has 0 radical (unpaired) electrons. The summed E-state index contributed by atoms with van der Waals surface area (Å²) < 4.78 is 0. The SMILES string of the molecule is Cc1ccncc1C(O)C1CCc2ccccc21. The van der Waals surface area contributed by atoms with Crippen LogP contribution in [-0.4, -0.2) is 10.1 Å². The summed E-state index contributed by atoms with van der Waals surface area (Å²) in [5, 5.41) is 10.6. The summed E-state index contributed by atoms with van der Waals surface area (Å²) in [7, 11) is 0. The van der Waals surface area contributed by atoms with Crippen LogP contribution in [0.25, 0.3) is 0 Å². The number of aliphatic hydroxyl groups is 1. The van der Waals surface area contributed by atoms with Gasteiger partial charge in [-0.25, -0.2) is 0 Å². The first-order chi connectivity index (χ1) is 8.77. The summed E-state index contributed by atoms with van der Waals surface area (Å²) in [6.07, 6.45) is 5.21. The second-order valence-corrected chi connectivity index (χ2v) is 5.02. The molecule has 0 fully saturated rings. The minimum atomic E-state index is -0.442. The molecule has 2 aromatic rings. The molecule has 92 valence electrons. The van der Waals surface area contributed by atoms with Gasteiger partial charge < -0.3 is 5.11 Å². The van der Waals surface area contributed by atoms with Crippen LogP contribution in [0.15, 0.2) is 42.7 Å². The number of fused-ring (bicyclic) bond motifs is 1. The van der Waals surface area contributed by atoms with Crippen molar-refractivity contribution >= 4 is 0 Å². The quantitative estimate of drug-likeness (QED) is 0.873. The molecule has 1 aliphatic rings. The van der Waals surface area contributed by atoms with Gasteiger partial charge in [0, 0.05) is 23.9 Å². The number of rotatable bonds is 2. The van der Waals surface area contributed by atoms with Gasteiger partial charge >= 0.3 is 0 Å². The van der Waals surface area contributed by atoms with Gasteiger partial charge in [-0.3, -0.25) is 4.98 Å². The van der Waals surface area contributed by atoms with Gasteiger partial charge in [0.1, 0.15) is 0 Å². The van der Waals surface area contributed by atoms with Gasteiger partial charge in [-0.15, -0.1) is 0 Å². The Hall–Kier alpha value is -1.67. The van der Waals surface area contributed by atoms with E-state index in [9.17, 15) is 5.11 Å². The molecular formula is C16H17NO. The van der Waals surface area contributed by atoms with Crippen LogP contribution in [0.2, 0.25) is 0 Å². The fraction of sp³-hybridized carbons (Fsp3) is 0.312. The number of aliphatic hydroxyl groups excluding tert-OH is 1. The fourth-order valence-electron chi connectivity index (χ4n) is 2.92. The maximum atomic E-state index is 10.6. The Morgan fingerprint density at radius 2 is 2.11 bits per heavy atom. The molecule has 0 amide bonds. The summed E-state index contributed by atoms with van der Waals surface area (Å²) in [5.41, 5.74) is 4.75. The summed E-state index contributed by atoms with van der Waals surface area (Å²) in [4.78, 5) is 4.13. The highest BCUT2D eigenvalue weighted by Crippen LogP contribution is 2.41. The molecule has 0 aliphatic heterocycles. The van der Waals surface area contributed by atoms with E-state index in [2.05, 4.69) is 29.2 Å². The number of hydrogen-bond acceptors (Lipinski definition) is 2. The molecule has 2 atom stereocenters. The highest BCUT2D eigenvalue weighted by atomic mass is 16.3. The Balaban J connectivity index is 1.96. The maximum absolute atomic E-state index is 10.6. The molecule has 2 nitrogen and oxygen atoms in total. The highest BCUT2D eigenvalue weighted by Gasteiger charge is 2.29. The Kier molecular flexibility index (Phi) is 2.88. The molecule has 3 rings (SSSR count). The highest BCUT2D eigenvalue weighted by molar-refractivity contribution is 5.38. The normalized spacial score (nSPS) is 19.6. The van der Waals surface area contributed by atoms with Crippen LogP contribution in [0.5, 0.6) is 0 Å². The molecule has 0 saturated heterocycles. The predicted octanol–water partition coefficient (Wildman–Crippen LogP) is 3.15. The lowest BCUT2D eigenvalue weighted by Gasteiger charge is -2.20. The molecule has 0 spiro atoms. The van der Waals surface area contributed by atoms with E-state index in [0.717, 1.165) is 24.0 Å². The van der Waals surface area contributed by atoms with E-state index in [0.29, 0.717) is 0 Å². The predicted molar refractivity (Wildman–Crippen MR) is 71.4 cm³/mol. The van der Waals surface area contributed by atoms with Crippen molar-refractivity contribution in [3.8, 4) is 0 Å². The molecule has 1 N–H and O–H groups in total. The molecule has 1 aliphatic carbocycles. The van der Waals surface area contributed by atoms with Crippen molar-refractivity contribution in [3.05, 3.63) is 65.0 Å². The largest absolute Gasteiger partial charge is 0.388 e. The van der Waals surface area contributed by atoms with Crippen molar-refractivity contribution in [2.45, 2.75) is 31.8 Å². The molecule has 0 saturated carbocycles. The van der Waals surface area contributed by atoms with Gasteiger partial charge in [0.05, 0.1) is 6.10 Å². The fourth-order valence-corrected chi connectivity index (χ4v) is 2.92. The molecule has 2 heteroatoms. The Bertz CT molecular complexity index is 565. The molecule has 1 aromatic heterocycles. The number of benzene rings is 1. The van der Waals surface area contributed by atoms with E-state index in [-0.39, 0.29) is 5.92 Å². The molecule has 1 aromatic carbocycles. The zero-order valence-corrected chi connectivity index (χ0v) is 10.5. The van der Waals surface area contributed by atoms with Crippen LogP contribution >= 0.6 is 0 Å². The molecule has 1 heterocycles. The third-order valence-corrected chi connectivity index (χ3v) is 3.96. The lowest BCUT2D eigenvalue weighted by molar-refractivity contribution is 0.144. The number of hydrogen-bond donors (Lipinski definition) is 1. The van der Waals surface area contributed by atoms with Crippen LogP contribution in [0.4, 0.5) is 0 Å². The van der Waals surface area contributed by atoms with Crippen molar-refractivity contribution in [2.75, 3.05) is 0 Å². The van der Waals surface area contributed by atoms with Crippen molar-refractivity contribution in [2.24, 2.45) is 0 Å². The van der Waals surface area contributed by atoms with E-state index in [1.807, 2.05) is 13.0 Å². The van der Waals surface area contributed by atoms with Crippen LogP contribution in [0.1, 0.15) is 40.7 Å². The topological polar surface area (TPSA) is 33.1 Å². The summed E-state index contributed by atoms with van der Waals surface area (Å²) in [6, 6.07) is 10.4. The van der Waals surface area contributed by atoms with Crippen molar-refractivity contribution in [1.29, 1.82) is 0 Å². The Morgan fingerprint density at radius 1 is 1.28 bits per heavy atom. The Labute approximate surface area is 107 Å². The first-order valence-electron chi connectivity index (χ1n) is 6.44. The first kappa shape index (κ1) is 11.4. The van der Waals surface area contributed by atoms with Gasteiger partial charge in [-0.05, 0) is 42.5 Å². The number of aromatic nitrogens is 1. The van der Waals surface area contributed by atoms with E-state index < -0.39 is 6.10 Å². The average Bonchev–Trinajstić information content (AvgIpc) is 2.82. The zero-order chi connectivity index (χ0) is 12.5. The lowest BCUT2D eigenvalue weighted by atomic mass is 9.89. The van der Waals surface area contributed by atoms with Crippen molar-refractivity contribution < 1.29 is 5.11 Å². The monoisotopic (exact) mass is 239 g/mol. The minimum absolute atomic E-state index is 0.212. The number of pyridine rings is 1. The van der Waals surface area contributed by atoms with E-state index >= 15 is 0 Å².